The fourth-order valence-corrected chi connectivity index (χ4v) is 3.18. The fraction of sp³-hybridized carbons (Fsp3) is 0.800. The van der Waals surface area contributed by atoms with Crippen molar-refractivity contribution in [2.24, 2.45) is 0 Å². The summed E-state index contributed by atoms with van der Waals surface area (Å²) in [6.45, 7) is 1.81. The first-order valence-electron chi connectivity index (χ1n) is 2.99. The lowest BCUT2D eigenvalue weighted by molar-refractivity contribution is 0.583. The normalized spacial score (nSPS) is 31.3. The van der Waals surface area contributed by atoms with Gasteiger partial charge in [-0.2, -0.15) is 0 Å². The van der Waals surface area contributed by atoms with Crippen molar-refractivity contribution in [1.82, 2.24) is 5.32 Å². The van der Waals surface area contributed by atoms with Crippen molar-refractivity contribution < 1.29 is 8.42 Å². The van der Waals surface area contributed by atoms with Crippen molar-refractivity contribution in [3.8, 4) is 0 Å². The quantitative estimate of drug-likeness (QED) is 0.520. The molecule has 1 aliphatic heterocycles. The van der Waals surface area contributed by atoms with Crippen LogP contribution < -0.4 is 5.32 Å². The Morgan fingerprint density at radius 3 is 2.70 bits per heavy atom. The molecule has 0 amide bonds. The van der Waals surface area contributed by atoms with Crippen LogP contribution in [-0.4, -0.2) is 31.0 Å². The van der Waals surface area contributed by atoms with Crippen molar-refractivity contribution in [2.75, 3.05) is 11.5 Å². The Hall–Kier alpha value is -0.160. The summed E-state index contributed by atoms with van der Waals surface area (Å²) in [5.41, 5.74) is 0. The van der Waals surface area contributed by atoms with Crippen LogP contribution in [0, 0.1) is 0 Å². The molecule has 5 heteroatoms. The van der Waals surface area contributed by atoms with Gasteiger partial charge in [-0.25, -0.2) is 8.42 Å². The summed E-state index contributed by atoms with van der Waals surface area (Å²) in [6, 6.07) is -0.0220. The van der Waals surface area contributed by atoms with E-state index in [2.05, 4.69) is 5.32 Å². The Labute approximate surface area is 65.7 Å². The van der Waals surface area contributed by atoms with Gasteiger partial charge < -0.3 is 5.32 Å². The molecule has 0 aromatic heterocycles. The molecule has 0 aliphatic carbocycles. The average molecular weight is 179 g/mol. The Morgan fingerprint density at radius 1 is 1.70 bits per heavy atom. The van der Waals surface area contributed by atoms with E-state index in [-0.39, 0.29) is 17.5 Å². The summed E-state index contributed by atoms with van der Waals surface area (Å²) in [7, 11) is -2.88. The highest BCUT2D eigenvalue weighted by molar-refractivity contribution is 7.94. The van der Waals surface area contributed by atoms with Gasteiger partial charge in [0.1, 0.15) is 5.75 Å². The van der Waals surface area contributed by atoms with Crippen LogP contribution in [0.1, 0.15) is 6.92 Å². The van der Waals surface area contributed by atoms with E-state index in [0.29, 0.717) is 4.99 Å². The summed E-state index contributed by atoms with van der Waals surface area (Å²) in [5.74, 6) is 0.222. The zero-order chi connectivity index (χ0) is 7.78. The highest BCUT2D eigenvalue weighted by atomic mass is 32.2. The molecule has 1 heterocycles. The second kappa shape index (κ2) is 2.47. The molecule has 0 radical (unpaired) electrons. The number of sulfone groups is 1. The van der Waals surface area contributed by atoms with Gasteiger partial charge in [0.25, 0.3) is 0 Å². The first-order chi connectivity index (χ1) is 4.49. The molecule has 0 aromatic carbocycles. The van der Waals surface area contributed by atoms with Gasteiger partial charge in [-0.15, -0.1) is 0 Å². The first-order valence-corrected chi connectivity index (χ1v) is 5.22. The van der Waals surface area contributed by atoms with E-state index in [1.54, 1.807) is 0 Å². The summed E-state index contributed by atoms with van der Waals surface area (Å²) in [4.78, 5) is 0.443. The zero-order valence-electron chi connectivity index (χ0n) is 5.62. The number of thiocarbonyl (C=S) groups is 1. The van der Waals surface area contributed by atoms with Crippen LogP contribution in [0.25, 0.3) is 0 Å². The highest BCUT2D eigenvalue weighted by Crippen LogP contribution is 2.01. The summed E-state index contributed by atoms with van der Waals surface area (Å²) >= 11 is 4.74. The zero-order valence-corrected chi connectivity index (χ0v) is 7.26. The molecule has 0 spiro atoms. The molecule has 1 N–H and O–H groups in total. The molecule has 1 aliphatic rings. The Morgan fingerprint density at radius 2 is 2.30 bits per heavy atom. The number of hydrogen-bond acceptors (Lipinski definition) is 3. The van der Waals surface area contributed by atoms with Crippen LogP contribution in [0.2, 0.25) is 0 Å². The molecule has 10 heavy (non-hydrogen) atoms. The van der Waals surface area contributed by atoms with Crippen LogP contribution in [0.4, 0.5) is 0 Å². The summed E-state index contributed by atoms with van der Waals surface area (Å²) in [6.07, 6.45) is 0. The van der Waals surface area contributed by atoms with Crippen molar-refractivity contribution in [3.63, 3.8) is 0 Å². The lowest BCUT2D eigenvalue weighted by atomic mass is 10.4. The number of hydrogen-bond donors (Lipinski definition) is 1. The van der Waals surface area contributed by atoms with Gasteiger partial charge in [0, 0.05) is 6.04 Å². The summed E-state index contributed by atoms with van der Waals surface area (Å²) in [5, 5.41) is 2.89. The van der Waals surface area contributed by atoms with E-state index in [0.717, 1.165) is 0 Å². The Balaban J connectivity index is 2.79. The van der Waals surface area contributed by atoms with Gasteiger partial charge in [0.05, 0.1) is 10.7 Å². The second-order valence-electron chi connectivity index (χ2n) is 2.52. The molecule has 1 unspecified atom stereocenters. The third-order valence-corrected chi connectivity index (χ3v) is 3.44. The van der Waals surface area contributed by atoms with Gasteiger partial charge in [0.15, 0.2) is 9.84 Å². The van der Waals surface area contributed by atoms with E-state index in [1.165, 1.54) is 0 Å². The molecule has 1 atom stereocenters. The van der Waals surface area contributed by atoms with E-state index in [4.69, 9.17) is 12.2 Å². The van der Waals surface area contributed by atoms with Crippen LogP contribution in [0.15, 0.2) is 0 Å². The lowest BCUT2D eigenvalue weighted by Gasteiger charge is -2.21. The van der Waals surface area contributed by atoms with Crippen molar-refractivity contribution in [3.05, 3.63) is 0 Å². The smallest absolute Gasteiger partial charge is 0.158 e. The standard InChI is InChI=1S/C5H9NO2S2/c1-4-2-10(7,8)3-5(9)6-4/h4H,2-3H2,1H3,(H,6,9). The maximum Gasteiger partial charge on any atom is 0.158 e. The van der Waals surface area contributed by atoms with E-state index in [9.17, 15) is 8.42 Å². The van der Waals surface area contributed by atoms with Gasteiger partial charge in [0.2, 0.25) is 0 Å². The lowest BCUT2D eigenvalue weighted by Crippen LogP contribution is -2.46. The van der Waals surface area contributed by atoms with E-state index in [1.807, 2.05) is 6.92 Å². The molecule has 1 rings (SSSR count). The van der Waals surface area contributed by atoms with Crippen molar-refractivity contribution >= 4 is 27.0 Å². The summed E-state index contributed by atoms with van der Waals surface area (Å²) < 4.78 is 21.9. The largest absolute Gasteiger partial charge is 0.375 e. The predicted molar refractivity (Wildman–Crippen MR) is 43.8 cm³/mol. The van der Waals surface area contributed by atoms with E-state index < -0.39 is 9.84 Å². The average Bonchev–Trinajstić information content (AvgIpc) is 1.54. The molecular weight excluding hydrogens is 170 g/mol. The number of nitrogens with one attached hydrogen (secondary N) is 1. The van der Waals surface area contributed by atoms with Crippen LogP contribution in [-0.2, 0) is 9.84 Å². The van der Waals surface area contributed by atoms with Gasteiger partial charge in [-0.1, -0.05) is 12.2 Å². The minimum atomic E-state index is -2.88. The molecule has 3 nitrogen and oxygen atoms in total. The molecule has 58 valence electrons. The minimum Gasteiger partial charge on any atom is -0.375 e. The fourth-order valence-electron chi connectivity index (χ4n) is 0.998. The van der Waals surface area contributed by atoms with Crippen molar-refractivity contribution in [1.29, 1.82) is 0 Å². The minimum absolute atomic E-state index is 0.0205. The van der Waals surface area contributed by atoms with Crippen LogP contribution in [0.3, 0.4) is 0 Å². The molecule has 1 saturated heterocycles. The third kappa shape index (κ3) is 1.91. The highest BCUT2D eigenvalue weighted by Gasteiger charge is 2.23. The molecule has 0 aromatic rings. The molecule has 0 saturated carbocycles. The van der Waals surface area contributed by atoms with Crippen LogP contribution in [0.5, 0.6) is 0 Å². The SMILES string of the molecule is CC1CS(=O)(=O)CC(=S)N1. The Kier molecular flexibility index (Phi) is 1.96. The Bertz CT molecular complexity index is 244. The first kappa shape index (κ1) is 7.94. The van der Waals surface area contributed by atoms with E-state index >= 15 is 0 Å². The van der Waals surface area contributed by atoms with Gasteiger partial charge in [-0.3, -0.25) is 0 Å². The third-order valence-electron chi connectivity index (χ3n) is 1.26. The number of rotatable bonds is 0. The monoisotopic (exact) mass is 179 g/mol. The maximum atomic E-state index is 10.9. The van der Waals surface area contributed by atoms with Gasteiger partial charge >= 0.3 is 0 Å². The molecular formula is C5H9NO2S2. The molecule has 0 bridgehead atoms. The van der Waals surface area contributed by atoms with Gasteiger partial charge in [-0.05, 0) is 6.92 Å². The predicted octanol–water partition coefficient (Wildman–Crippen LogP) is -0.280. The van der Waals surface area contributed by atoms with Crippen molar-refractivity contribution in [2.45, 2.75) is 13.0 Å². The molecule has 1 fully saturated rings. The topological polar surface area (TPSA) is 46.2 Å². The maximum absolute atomic E-state index is 10.9. The second-order valence-corrected chi connectivity index (χ2v) is 5.13. The van der Waals surface area contributed by atoms with Crippen LogP contribution >= 0.6 is 12.2 Å².